The van der Waals surface area contributed by atoms with Crippen molar-refractivity contribution in [1.29, 1.82) is 0 Å². The van der Waals surface area contributed by atoms with Crippen molar-refractivity contribution in [3.63, 3.8) is 0 Å². The van der Waals surface area contributed by atoms with E-state index in [0.29, 0.717) is 45.6 Å². The van der Waals surface area contributed by atoms with Gasteiger partial charge in [-0.15, -0.1) is 0 Å². The molecule has 1 aliphatic heterocycles. The number of hydrogen-bond donors (Lipinski definition) is 3. The Morgan fingerprint density at radius 1 is 1.07 bits per heavy atom. The second kappa shape index (κ2) is 8.57. The van der Waals surface area contributed by atoms with Crippen molar-refractivity contribution in [3.05, 3.63) is 36.0 Å². The third-order valence-corrected chi connectivity index (χ3v) is 4.78. The third-order valence-electron chi connectivity index (χ3n) is 4.78. The largest absolute Gasteiger partial charge is 0.481 e. The molecule has 0 atom stereocenters. The molecule has 1 fully saturated rings. The van der Waals surface area contributed by atoms with E-state index in [4.69, 9.17) is 5.11 Å². The van der Waals surface area contributed by atoms with Crippen molar-refractivity contribution in [2.45, 2.75) is 19.3 Å². The first-order valence-electron chi connectivity index (χ1n) is 9.12. The number of H-pyrrole nitrogens is 1. The number of carboxylic acids is 1. The van der Waals surface area contributed by atoms with Crippen LogP contribution in [0.25, 0.3) is 10.9 Å². The highest BCUT2D eigenvalue weighted by molar-refractivity contribution is 5.89. The molecule has 0 unspecified atom stereocenters. The number of para-hydroxylation sites is 1. The molecule has 0 spiro atoms. The monoisotopic (exact) mass is 372 g/mol. The van der Waals surface area contributed by atoms with Gasteiger partial charge in [0.15, 0.2) is 0 Å². The molecule has 3 N–H and O–H groups in total. The summed E-state index contributed by atoms with van der Waals surface area (Å²) in [7, 11) is 0. The number of aliphatic carboxylic acids is 1. The number of hydrogen-bond acceptors (Lipinski definition) is 3. The maximum Gasteiger partial charge on any atom is 0.317 e. The molecule has 1 aromatic carbocycles. The quantitative estimate of drug-likeness (QED) is 0.667. The van der Waals surface area contributed by atoms with Crippen molar-refractivity contribution < 1.29 is 19.5 Å². The minimum atomic E-state index is -0.869. The van der Waals surface area contributed by atoms with Gasteiger partial charge in [0.05, 0.1) is 6.42 Å². The van der Waals surface area contributed by atoms with Crippen molar-refractivity contribution in [2.24, 2.45) is 0 Å². The highest BCUT2D eigenvalue weighted by atomic mass is 16.4. The normalized spacial score (nSPS) is 14.4. The zero-order valence-electron chi connectivity index (χ0n) is 15.1. The van der Waals surface area contributed by atoms with Crippen LogP contribution in [0.2, 0.25) is 0 Å². The first-order valence-corrected chi connectivity index (χ1v) is 9.12. The van der Waals surface area contributed by atoms with Gasteiger partial charge in [0.25, 0.3) is 0 Å². The Hall–Kier alpha value is -3.03. The Morgan fingerprint density at radius 3 is 2.52 bits per heavy atom. The molecule has 1 aromatic heterocycles. The van der Waals surface area contributed by atoms with Gasteiger partial charge in [-0.2, -0.15) is 0 Å². The zero-order chi connectivity index (χ0) is 19.2. The van der Waals surface area contributed by atoms with Crippen LogP contribution in [0.1, 0.15) is 18.4 Å². The van der Waals surface area contributed by atoms with Crippen LogP contribution >= 0.6 is 0 Å². The number of piperazine rings is 1. The van der Waals surface area contributed by atoms with Gasteiger partial charge in [-0.25, -0.2) is 4.79 Å². The number of fused-ring (bicyclic) bond motifs is 1. The number of benzene rings is 1. The molecule has 2 aromatic rings. The van der Waals surface area contributed by atoms with Crippen LogP contribution in [0.15, 0.2) is 30.5 Å². The van der Waals surface area contributed by atoms with Crippen molar-refractivity contribution >= 4 is 28.8 Å². The number of aromatic nitrogens is 1. The average Bonchev–Trinajstić information content (AvgIpc) is 3.08. The van der Waals surface area contributed by atoms with E-state index in [1.165, 1.54) is 0 Å². The molecule has 1 aliphatic rings. The van der Waals surface area contributed by atoms with E-state index in [2.05, 4.69) is 10.3 Å². The number of carbonyl (C=O) groups excluding carboxylic acids is 2. The van der Waals surface area contributed by atoms with E-state index in [1.807, 2.05) is 30.5 Å². The van der Waals surface area contributed by atoms with Crippen LogP contribution in [0.5, 0.6) is 0 Å². The SMILES string of the molecule is O=C(O)CCCNC(=O)N1CCN(C(=O)Cc2c[nH]c3ccccc23)CC1. The predicted molar refractivity (Wildman–Crippen MR) is 100 cm³/mol. The lowest BCUT2D eigenvalue weighted by molar-refractivity contribution is -0.137. The molecule has 0 aliphatic carbocycles. The number of urea groups is 1. The highest BCUT2D eigenvalue weighted by Crippen LogP contribution is 2.19. The molecule has 3 amide bonds. The average molecular weight is 372 g/mol. The highest BCUT2D eigenvalue weighted by Gasteiger charge is 2.24. The fourth-order valence-corrected chi connectivity index (χ4v) is 3.26. The number of nitrogens with one attached hydrogen (secondary N) is 2. The van der Waals surface area contributed by atoms with E-state index in [0.717, 1.165) is 16.5 Å². The van der Waals surface area contributed by atoms with Gasteiger partial charge in [-0.1, -0.05) is 18.2 Å². The maximum absolute atomic E-state index is 12.6. The van der Waals surface area contributed by atoms with Crippen LogP contribution in [0, 0.1) is 0 Å². The van der Waals surface area contributed by atoms with Crippen LogP contribution < -0.4 is 5.32 Å². The number of carbonyl (C=O) groups is 3. The van der Waals surface area contributed by atoms with Gasteiger partial charge in [-0.05, 0) is 18.1 Å². The lowest BCUT2D eigenvalue weighted by atomic mass is 10.1. The number of carboxylic acid groups (broad SMARTS) is 1. The fourth-order valence-electron chi connectivity index (χ4n) is 3.26. The molecule has 8 heteroatoms. The first kappa shape index (κ1) is 18.8. The maximum atomic E-state index is 12.6. The van der Waals surface area contributed by atoms with Crippen molar-refractivity contribution in [2.75, 3.05) is 32.7 Å². The van der Waals surface area contributed by atoms with Crippen molar-refractivity contribution in [3.8, 4) is 0 Å². The van der Waals surface area contributed by atoms with E-state index < -0.39 is 5.97 Å². The Bertz CT molecular complexity index is 824. The van der Waals surface area contributed by atoms with Crippen LogP contribution in [-0.4, -0.2) is 70.5 Å². The summed E-state index contributed by atoms with van der Waals surface area (Å²) in [6.45, 7) is 2.30. The molecular weight excluding hydrogens is 348 g/mol. The van der Waals surface area contributed by atoms with Gasteiger partial charge in [0.2, 0.25) is 5.91 Å². The summed E-state index contributed by atoms with van der Waals surface area (Å²) >= 11 is 0. The number of rotatable bonds is 6. The Balaban J connectivity index is 1.45. The number of amides is 3. The van der Waals surface area contributed by atoms with Gasteiger partial charge in [-0.3, -0.25) is 9.59 Å². The minimum absolute atomic E-state index is 0.0381. The summed E-state index contributed by atoms with van der Waals surface area (Å²) < 4.78 is 0. The third kappa shape index (κ3) is 4.78. The Labute approximate surface area is 157 Å². The standard InChI is InChI=1S/C19H24N4O4/c24-17(12-14-13-21-16-5-2-1-4-15(14)16)22-8-10-23(11-9-22)19(27)20-7-3-6-18(25)26/h1-2,4-5,13,21H,3,6-12H2,(H,20,27)(H,25,26). The smallest absolute Gasteiger partial charge is 0.317 e. The lowest BCUT2D eigenvalue weighted by Crippen LogP contribution is -2.53. The van der Waals surface area contributed by atoms with Crippen molar-refractivity contribution in [1.82, 2.24) is 20.1 Å². The van der Waals surface area contributed by atoms with E-state index in [9.17, 15) is 14.4 Å². The molecule has 27 heavy (non-hydrogen) atoms. The first-order chi connectivity index (χ1) is 13.0. The number of aromatic amines is 1. The summed E-state index contributed by atoms with van der Waals surface area (Å²) in [5.41, 5.74) is 2.00. The minimum Gasteiger partial charge on any atom is -0.481 e. The molecule has 2 heterocycles. The molecule has 0 radical (unpaired) electrons. The van der Waals surface area contributed by atoms with Gasteiger partial charge in [0.1, 0.15) is 0 Å². The van der Waals surface area contributed by atoms with E-state index >= 15 is 0 Å². The summed E-state index contributed by atoms with van der Waals surface area (Å²) in [4.78, 5) is 41.8. The molecule has 8 nitrogen and oxygen atoms in total. The Morgan fingerprint density at radius 2 is 1.78 bits per heavy atom. The fraction of sp³-hybridized carbons (Fsp3) is 0.421. The molecule has 144 valence electrons. The molecule has 0 bridgehead atoms. The zero-order valence-corrected chi connectivity index (χ0v) is 15.1. The molecule has 3 rings (SSSR count). The summed E-state index contributed by atoms with van der Waals surface area (Å²) in [6.07, 6.45) is 2.66. The van der Waals surface area contributed by atoms with Gasteiger partial charge < -0.3 is 25.2 Å². The predicted octanol–water partition coefficient (Wildman–Crippen LogP) is 1.43. The molecule has 0 saturated carbocycles. The second-order valence-corrected chi connectivity index (χ2v) is 6.63. The Kier molecular flexibility index (Phi) is 5.95. The van der Waals surface area contributed by atoms with Crippen LogP contribution in [0.4, 0.5) is 4.79 Å². The number of nitrogens with zero attached hydrogens (tertiary/aromatic N) is 2. The summed E-state index contributed by atoms with van der Waals surface area (Å²) in [5, 5.41) is 12.4. The van der Waals surface area contributed by atoms with Gasteiger partial charge >= 0.3 is 12.0 Å². The summed E-state index contributed by atoms with van der Waals surface area (Å²) in [5.74, 6) is -0.812. The van der Waals surface area contributed by atoms with Crippen LogP contribution in [-0.2, 0) is 16.0 Å². The van der Waals surface area contributed by atoms with E-state index in [1.54, 1.807) is 9.80 Å². The molecule has 1 saturated heterocycles. The van der Waals surface area contributed by atoms with Crippen LogP contribution in [0.3, 0.4) is 0 Å². The lowest BCUT2D eigenvalue weighted by Gasteiger charge is -2.34. The van der Waals surface area contributed by atoms with E-state index in [-0.39, 0.29) is 18.4 Å². The second-order valence-electron chi connectivity index (χ2n) is 6.63. The molecular formula is C19H24N4O4. The summed E-state index contributed by atoms with van der Waals surface area (Å²) in [6, 6.07) is 7.69. The van der Waals surface area contributed by atoms with Gasteiger partial charge in [0, 0.05) is 56.2 Å². The topological polar surface area (TPSA) is 106 Å².